The molecule has 0 radical (unpaired) electrons. The first-order valence-electron chi connectivity index (χ1n) is 12.4. The third kappa shape index (κ3) is 5.52. The van der Waals surface area contributed by atoms with Crippen molar-refractivity contribution in [3.63, 3.8) is 0 Å². The van der Waals surface area contributed by atoms with E-state index in [2.05, 4.69) is 32.6 Å². The minimum absolute atomic E-state index is 0.172. The van der Waals surface area contributed by atoms with Gasteiger partial charge in [-0.15, -0.1) is 0 Å². The van der Waals surface area contributed by atoms with Crippen LogP contribution in [0.25, 0.3) is 0 Å². The van der Waals surface area contributed by atoms with Crippen LogP contribution in [0.4, 0.5) is 0 Å². The Bertz CT molecular complexity index is 706. The van der Waals surface area contributed by atoms with Crippen molar-refractivity contribution < 1.29 is 20.4 Å². The van der Waals surface area contributed by atoms with Crippen LogP contribution in [0.2, 0.25) is 0 Å². The minimum atomic E-state index is -0.958. The van der Waals surface area contributed by atoms with Gasteiger partial charge in [-0.05, 0) is 86.2 Å². The first-order valence-corrected chi connectivity index (χ1v) is 12.4. The summed E-state index contributed by atoms with van der Waals surface area (Å²) in [4.78, 5) is 0. The van der Waals surface area contributed by atoms with Crippen molar-refractivity contribution in [2.24, 2.45) is 23.2 Å². The highest BCUT2D eigenvalue weighted by Gasteiger charge is 2.50. The Kier molecular flexibility index (Phi) is 7.89. The van der Waals surface area contributed by atoms with E-state index >= 15 is 0 Å². The number of allylic oxidation sites excluding steroid dienone is 3. The van der Waals surface area contributed by atoms with Crippen LogP contribution in [0.5, 0.6) is 0 Å². The molecule has 7 atom stereocenters. The summed E-state index contributed by atoms with van der Waals surface area (Å²) in [6.45, 7) is 10.5. The predicted molar refractivity (Wildman–Crippen MR) is 125 cm³/mol. The lowest BCUT2D eigenvalue weighted by atomic mass is 9.60. The van der Waals surface area contributed by atoms with Crippen molar-refractivity contribution in [2.75, 3.05) is 6.61 Å². The van der Waals surface area contributed by atoms with E-state index in [-0.39, 0.29) is 6.61 Å². The molecule has 3 fully saturated rings. The van der Waals surface area contributed by atoms with Gasteiger partial charge < -0.3 is 20.4 Å². The first-order chi connectivity index (χ1) is 14.6. The fourth-order valence-corrected chi connectivity index (χ4v) is 6.76. The number of aliphatic hydroxyl groups is 4. The lowest BCUT2D eigenvalue weighted by molar-refractivity contribution is -0.00891. The molecular formula is C27H44O4. The molecule has 176 valence electrons. The molecule has 31 heavy (non-hydrogen) atoms. The first kappa shape index (κ1) is 24.7. The van der Waals surface area contributed by atoms with E-state index in [9.17, 15) is 20.4 Å². The van der Waals surface area contributed by atoms with Gasteiger partial charge in [0.1, 0.15) is 0 Å². The summed E-state index contributed by atoms with van der Waals surface area (Å²) in [6, 6.07) is 0. The quantitative estimate of drug-likeness (QED) is 0.471. The molecule has 0 saturated heterocycles. The lowest BCUT2D eigenvalue weighted by Gasteiger charge is -2.44. The normalized spacial score (nSPS) is 39.5. The molecule has 0 aromatic rings. The maximum Gasteiger partial charge on any atom is 0.0849 e. The van der Waals surface area contributed by atoms with Gasteiger partial charge in [-0.3, -0.25) is 0 Å². The molecule has 3 aliphatic rings. The van der Waals surface area contributed by atoms with Crippen LogP contribution in [0, 0.1) is 23.2 Å². The lowest BCUT2D eigenvalue weighted by Crippen LogP contribution is -2.36. The van der Waals surface area contributed by atoms with Gasteiger partial charge in [-0.1, -0.05) is 51.0 Å². The van der Waals surface area contributed by atoms with Crippen LogP contribution in [-0.4, -0.2) is 44.8 Å². The third-order valence-corrected chi connectivity index (χ3v) is 8.70. The molecule has 4 heteroatoms. The van der Waals surface area contributed by atoms with Gasteiger partial charge in [0.05, 0.1) is 24.4 Å². The van der Waals surface area contributed by atoms with Gasteiger partial charge in [-0.25, -0.2) is 0 Å². The zero-order valence-electron chi connectivity index (χ0n) is 19.8. The molecule has 4 nitrogen and oxygen atoms in total. The van der Waals surface area contributed by atoms with Crippen LogP contribution in [0.15, 0.2) is 35.5 Å². The number of hydrogen-bond donors (Lipinski definition) is 4. The summed E-state index contributed by atoms with van der Waals surface area (Å²) >= 11 is 0. The number of fused-ring (bicyclic) bond motifs is 1. The van der Waals surface area contributed by atoms with E-state index in [0.29, 0.717) is 42.4 Å². The Labute approximate surface area is 188 Å². The molecule has 0 amide bonds. The van der Waals surface area contributed by atoms with Crippen molar-refractivity contribution >= 4 is 0 Å². The van der Waals surface area contributed by atoms with E-state index < -0.39 is 17.8 Å². The summed E-state index contributed by atoms with van der Waals surface area (Å²) in [5.41, 5.74) is 2.65. The SMILES string of the molecule is C=C1C(=CC=C2CCC[C@@]3(C)C2CC[C@@H]3[C@H](C)CCC[C@@](C)(O)CO)C[C@@H](O)C[C@@H]1O. The Morgan fingerprint density at radius 2 is 2.00 bits per heavy atom. The summed E-state index contributed by atoms with van der Waals surface area (Å²) in [5, 5.41) is 39.5. The summed E-state index contributed by atoms with van der Waals surface area (Å²) in [6.07, 6.45) is 13.1. The van der Waals surface area contributed by atoms with Gasteiger partial charge in [0, 0.05) is 6.42 Å². The second-order valence-corrected chi connectivity index (χ2v) is 11.2. The summed E-state index contributed by atoms with van der Waals surface area (Å²) in [7, 11) is 0. The number of aliphatic hydroxyl groups excluding tert-OH is 3. The maximum atomic E-state index is 10.1. The highest BCUT2D eigenvalue weighted by Crippen LogP contribution is 2.60. The molecule has 0 spiro atoms. The maximum absolute atomic E-state index is 10.1. The monoisotopic (exact) mass is 432 g/mol. The summed E-state index contributed by atoms with van der Waals surface area (Å²) < 4.78 is 0. The Morgan fingerprint density at radius 3 is 2.71 bits per heavy atom. The number of hydrogen-bond acceptors (Lipinski definition) is 4. The molecule has 3 aliphatic carbocycles. The van der Waals surface area contributed by atoms with Gasteiger partial charge in [0.2, 0.25) is 0 Å². The molecule has 0 heterocycles. The topological polar surface area (TPSA) is 80.9 Å². The van der Waals surface area contributed by atoms with E-state index in [1.165, 1.54) is 31.3 Å². The van der Waals surface area contributed by atoms with E-state index in [0.717, 1.165) is 30.4 Å². The highest BCUT2D eigenvalue weighted by molar-refractivity contribution is 5.38. The van der Waals surface area contributed by atoms with Crippen LogP contribution >= 0.6 is 0 Å². The van der Waals surface area contributed by atoms with Gasteiger partial charge in [-0.2, -0.15) is 0 Å². The largest absolute Gasteiger partial charge is 0.393 e. The third-order valence-electron chi connectivity index (χ3n) is 8.70. The second-order valence-electron chi connectivity index (χ2n) is 11.2. The Hall–Kier alpha value is -0.940. The van der Waals surface area contributed by atoms with Crippen LogP contribution in [-0.2, 0) is 0 Å². The fourth-order valence-electron chi connectivity index (χ4n) is 6.76. The van der Waals surface area contributed by atoms with Gasteiger partial charge in [0.15, 0.2) is 0 Å². The highest BCUT2D eigenvalue weighted by atomic mass is 16.3. The van der Waals surface area contributed by atoms with Gasteiger partial charge in [0.25, 0.3) is 0 Å². The predicted octanol–water partition coefficient (Wildman–Crippen LogP) is 4.68. The van der Waals surface area contributed by atoms with E-state index in [1.807, 2.05) is 0 Å². The standard InChI is InChI=1S/C27H44O4/c1-18(7-5-13-26(3,31)17-28)23-11-12-24-20(8-6-14-27(23,24)4)9-10-21-15-22(29)16-25(30)19(21)2/h9-10,18,22-25,28-31H,2,5-8,11-17H2,1,3-4H3/t18-,22-,23-,24?,25+,26-,27-/m1/s1. The van der Waals surface area contributed by atoms with E-state index in [1.54, 1.807) is 6.92 Å². The van der Waals surface area contributed by atoms with Crippen molar-refractivity contribution in [2.45, 2.75) is 103 Å². The summed E-state index contributed by atoms with van der Waals surface area (Å²) in [5.74, 6) is 1.92. The average molecular weight is 433 g/mol. The second kappa shape index (κ2) is 9.91. The molecule has 4 N–H and O–H groups in total. The molecule has 0 bridgehead atoms. The molecule has 0 aromatic heterocycles. The zero-order chi connectivity index (χ0) is 22.8. The van der Waals surface area contributed by atoms with Crippen LogP contribution in [0.1, 0.15) is 85.0 Å². The Morgan fingerprint density at radius 1 is 1.26 bits per heavy atom. The molecule has 0 aromatic carbocycles. The van der Waals surface area contributed by atoms with Crippen LogP contribution < -0.4 is 0 Å². The molecule has 0 aliphatic heterocycles. The minimum Gasteiger partial charge on any atom is -0.393 e. The number of rotatable bonds is 7. The van der Waals surface area contributed by atoms with Crippen molar-refractivity contribution in [3.05, 3.63) is 35.5 Å². The molecule has 1 unspecified atom stereocenters. The van der Waals surface area contributed by atoms with Gasteiger partial charge >= 0.3 is 0 Å². The van der Waals surface area contributed by atoms with Crippen molar-refractivity contribution in [3.8, 4) is 0 Å². The van der Waals surface area contributed by atoms with Crippen LogP contribution in [0.3, 0.4) is 0 Å². The van der Waals surface area contributed by atoms with E-state index in [4.69, 9.17) is 0 Å². The molecule has 3 rings (SSSR count). The fraction of sp³-hybridized carbons (Fsp3) is 0.778. The Balaban J connectivity index is 1.68. The molecule has 3 saturated carbocycles. The average Bonchev–Trinajstić information content (AvgIpc) is 3.07. The van der Waals surface area contributed by atoms with Crippen molar-refractivity contribution in [1.82, 2.24) is 0 Å². The zero-order valence-corrected chi connectivity index (χ0v) is 19.8. The van der Waals surface area contributed by atoms with Crippen molar-refractivity contribution in [1.29, 1.82) is 0 Å². The smallest absolute Gasteiger partial charge is 0.0849 e. The molecular weight excluding hydrogens is 388 g/mol.